The highest BCUT2D eigenvalue weighted by molar-refractivity contribution is 6.42. The van der Waals surface area contributed by atoms with Crippen molar-refractivity contribution in [3.05, 3.63) is 69.3 Å². The van der Waals surface area contributed by atoms with E-state index in [0.717, 1.165) is 29.0 Å². The molecule has 164 valence electrons. The van der Waals surface area contributed by atoms with Crippen molar-refractivity contribution in [3.63, 3.8) is 0 Å². The van der Waals surface area contributed by atoms with Crippen LogP contribution in [0, 0.1) is 5.41 Å². The van der Waals surface area contributed by atoms with Gasteiger partial charge in [-0.1, -0.05) is 55.2 Å². The second-order valence-corrected chi connectivity index (χ2v) is 9.78. The third-order valence-electron chi connectivity index (χ3n) is 5.92. The first kappa shape index (κ1) is 21.0. The molecule has 2 aromatic carbocycles. The second-order valence-electron chi connectivity index (χ2n) is 8.97. The molecule has 1 unspecified atom stereocenters. The molecule has 0 spiro atoms. The van der Waals surface area contributed by atoms with E-state index in [1.54, 1.807) is 23.9 Å². The lowest BCUT2D eigenvalue weighted by Crippen LogP contribution is -2.36. The molecule has 1 aromatic heterocycles. The Hall–Kier alpha value is -2.83. The predicted octanol–water partition coefficient (Wildman–Crippen LogP) is 5.92. The van der Waals surface area contributed by atoms with E-state index in [9.17, 15) is 4.79 Å². The summed E-state index contributed by atoms with van der Waals surface area (Å²) < 4.78 is 7.12. The maximum absolute atomic E-state index is 13.3. The van der Waals surface area contributed by atoms with E-state index in [1.165, 1.54) is 0 Å². The Morgan fingerprint density at radius 2 is 1.94 bits per heavy atom. The van der Waals surface area contributed by atoms with Crippen molar-refractivity contribution in [1.29, 1.82) is 0 Å². The lowest BCUT2D eigenvalue weighted by molar-refractivity contribution is -0.118. The average molecular weight is 469 g/mol. The minimum atomic E-state index is -0.438. The fourth-order valence-electron chi connectivity index (χ4n) is 4.48. The van der Waals surface area contributed by atoms with Crippen LogP contribution in [0.5, 0.6) is 5.75 Å². The third kappa shape index (κ3) is 3.57. The minimum Gasteiger partial charge on any atom is -0.497 e. The summed E-state index contributed by atoms with van der Waals surface area (Å²) in [6.45, 7) is 4.21. The molecule has 2 aliphatic rings. The Morgan fingerprint density at radius 3 is 2.69 bits per heavy atom. The number of Topliss-reactive ketones (excluding diaryl/α,β-unsaturated/α-hetero) is 1. The van der Waals surface area contributed by atoms with Gasteiger partial charge in [-0.05, 0) is 41.7 Å². The van der Waals surface area contributed by atoms with Gasteiger partial charge in [-0.15, -0.1) is 5.10 Å². The summed E-state index contributed by atoms with van der Waals surface area (Å²) in [6.07, 6.45) is 1.21. The Balaban J connectivity index is 1.68. The molecule has 1 atom stereocenters. The van der Waals surface area contributed by atoms with Crippen LogP contribution in [0.2, 0.25) is 10.0 Å². The van der Waals surface area contributed by atoms with E-state index in [1.807, 2.05) is 30.3 Å². The van der Waals surface area contributed by atoms with Crippen molar-refractivity contribution in [2.45, 2.75) is 32.7 Å². The fraction of sp³-hybridized carbons (Fsp3) is 0.292. The van der Waals surface area contributed by atoms with Gasteiger partial charge in [0.25, 0.3) is 0 Å². The molecule has 5 rings (SSSR count). The van der Waals surface area contributed by atoms with E-state index in [2.05, 4.69) is 19.2 Å². The van der Waals surface area contributed by atoms with Gasteiger partial charge < -0.3 is 10.1 Å². The number of hydrogen-bond donors (Lipinski definition) is 1. The number of carbonyl (C=O) groups excluding carboxylic acids is 1. The SMILES string of the molecule is COc1cccc(-c2nc3n(n2)C(c2ccc(Cl)c(Cl)c2)C2=C(CC(C)(C)CC2=O)N3)c1. The van der Waals surface area contributed by atoms with Gasteiger partial charge in [0.1, 0.15) is 11.8 Å². The van der Waals surface area contributed by atoms with Gasteiger partial charge in [-0.25, -0.2) is 4.68 Å². The number of methoxy groups -OCH3 is 1. The molecule has 1 N–H and O–H groups in total. The van der Waals surface area contributed by atoms with E-state index < -0.39 is 6.04 Å². The number of rotatable bonds is 3. The van der Waals surface area contributed by atoms with Crippen LogP contribution in [-0.2, 0) is 4.79 Å². The lowest BCUT2D eigenvalue weighted by atomic mass is 9.73. The van der Waals surface area contributed by atoms with Crippen LogP contribution in [-0.4, -0.2) is 27.7 Å². The number of hydrogen-bond acceptors (Lipinski definition) is 5. The molecule has 6 nitrogen and oxygen atoms in total. The number of fused-ring (bicyclic) bond motifs is 1. The molecule has 0 fully saturated rings. The van der Waals surface area contributed by atoms with Gasteiger partial charge in [0.05, 0.1) is 17.2 Å². The second kappa shape index (κ2) is 7.64. The Labute approximate surface area is 196 Å². The number of nitrogens with zero attached hydrogens (tertiary/aromatic N) is 3. The Morgan fingerprint density at radius 1 is 1.12 bits per heavy atom. The summed E-state index contributed by atoms with van der Waals surface area (Å²) in [7, 11) is 1.62. The normalized spacial score (nSPS) is 19.3. The summed E-state index contributed by atoms with van der Waals surface area (Å²) >= 11 is 12.5. The molecule has 0 amide bonds. The molecule has 3 aromatic rings. The molecule has 2 heterocycles. The third-order valence-corrected chi connectivity index (χ3v) is 6.66. The zero-order valence-electron chi connectivity index (χ0n) is 17.9. The highest BCUT2D eigenvalue weighted by Crippen LogP contribution is 2.46. The number of anilines is 1. The van der Waals surface area contributed by atoms with Gasteiger partial charge in [-0.2, -0.15) is 4.98 Å². The molecular weight excluding hydrogens is 447 g/mol. The molecule has 0 saturated heterocycles. The summed E-state index contributed by atoms with van der Waals surface area (Å²) in [5.74, 6) is 1.95. The monoisotopic (exact) mass is 468 g/mol. The Kier molecular flexibility index (Phi) is 5.02. The van der Waals surface area contributed by atoms with Crippen molar-refractivity contribution >= 4 is 34.9 Å². The fourth-order valence-corrected chi connectivity index (χ4v) is 4.79. The first-order valence-electron chi connectivity index (χ1n) is 10.3. The Bertz CT molecular complexity index is 1280. The smallest absolute Gasteiger partial charge is 0.226 e. The molecule has 0 bridgehead atoms. The molecule has 1 aliphatic heterocycles. The molecule has 0 radical (unpaired) electrons. The highest BCUT2D eigenvalue weighted by atomic mass is 35.5. The summed E-state index contributed by atoms with van der Waals surface area (Å²) in [5.41, 5.74) is 3.12. The van der Waals surface area contributed by atoms with Crippen molar-refractivity contribution in [3.8, 4) is 17.1 Å². The van der Waals surface area contributed by atoms with E-state index >= 15 is 0 Å². The van der Waals surface area contributed by atoms with Crippen molar-refractivity contribution in [1.82, 2.24) is 14.8 Å². The molecule has 0 saturated carbocycles. The van der Waals surface area contributed by atoms with Gasteiger partial charge in [0.2, 0.25) is 5.95 Å². The van der Waals surface area contributed by atoms with Crippen molar-refractivity contribution in [2.75, 3.05) is 12.4 Å². The molecule has 8 heteroatoms. The van der Waals surface area contributed by atoms with Gasteiger partial charge in [0.15, 0.2) is 11.6 Å². The first-order valence-corrected chi connectivity index (χ1v) is 11.1. The van der Waals surface area contributed by atoms with Crippen LogP contribution in [0.1, 0.15) is 38.3 Å². The zero-order valence-corrected chi connectivity index (χ0v) is 19.5. The zero-order chi connectivity index (χ0) is 22.6. The summed E-state index contributed by atoms with van der Waals surface area (Å²) in [6, 6.07) is 12.6. The number of carbonyl (C=O) groups is 1. The molecule has 32 heavy (non-hydrogen) atoms. The maximum Gasteiger partial charge on any atom is 0.226 e. The first-order chi connectivity index (χ1) is 15.3. The van der Waals surface area contributed by atoms with Gasteiger partial charge >= 0.3 is 0 Å². The van der Waals surface area contributed by atoms with Crippen LogP contribution < -0.4 is 10.1 Å². The predicted molar refractivity (Wildman–Crippen MR) is 125 cm³/mol. The van der Waals surface area contributed by atoms with Crippen molar-refractivity contribution in [2.24, 2.45) is 5.41 Å². The number of aromatic nitrogens is 3. The van der Waals surface area contributed by atoms with Gasteiger partial charge in [0, 0.05) is 23.3 Å². The van der Waals surface area contributed by atoms with Crippen LogP contribution in [0.15, 0.2) is 53.7 Å². The number of halogens is 2. The number of ether oxygens (including phenoxy) is 1. The van der Waals surface area contributed by atoms with Crippen LogP contribution >= 0.6 is 23.2 Å². The number of nitrogens with one attached hydrogen (secondary N) is 1. The van der Waals surface area contributed by atoms with E-state index in [4.69, 9.17) is 38.0 Å². The number of ketones is 1. The van der Waals surface area contributed by atoms with Gasteiger partial charge in [-0.3, -0.25) is 4.79 Å². The van der Waals surface area contributed by atoms with Crippen LogP contribution in [0.25, 0.3) is 11.4 Å². The largest absolute Gasteiger partial charge is 0.497 e. The average Bonchev–Trinajstić information content (AvgIpc) is 3.17. The topological polar surface area (TPSA) is 69.0 Å². The lowest BCUT2D eigenvalue weighted by Gasteiger charge is -2.38. The number of benzene rings is 2. The summed E-state index contributed by atoms with van der Waals surface area (Å²) in [4.78, 5) is 18.1. The molecular formula is C24H22Cl2N4O2. The highest BCUT2D eigenvalue weighted by Gasteiger charge is 2.42. The minimum absolute atomic E-state index is 0.101. The van der Waals surface area contributed by atoms with E-state index in [-0.39, 0.29) is 11.2 Å². The van der Waals surface area contributed by atoms with Crippen LogP contribution in [0.4, 0.5) is 5.95 Å². The maximum atomic E-state index is 13.3. The van der Waals surface area contributed by atoms with Crippen LogP contribution in [0.3, 0.4) is 0 Å². The molecule has 1 aliphatic carbocycles. The van der Waals surface area contributed by atoms with Crippen molar-refractivity contribution < 1.29 is 9.53 Å². The standard InChI is InChI=1S/C24H22Cl2N4O2/c1-24(2)11-18-20(19(31)12-24)21(13-7-8-16(25)17(26)10-13)30-23(27-18)28-22(29-30)14-5-4-6-15(9-14)32-3/h4-10,21H,11-12H2,1-3H3,(H,27,28,29). The van der Waals surface area contributed by atoms with E-state index in [0.29, 0.717) is 33.8 Å². The summed E-state index contributed by atoms with van der Waals surface area (Å²) in [5, 5.41) is 9.08. The number of allylic oxidation sites excluding steroid dienone is 2. The quantitative estimate of drug-likeness (QED) is 0.516.